The maximum absolute atomic E-state index is 11.8. The summed E-state index contributed by atoms with van der Waals surface area (Å²) in [4.78, 5) is 18.1. The number of nitrogens with zero attached hydrogens (tertiary/aromatic N) is 2. The summed E-state index contributed by atoms with van der Waals surface area (Å²) < 4.78 is 16.5. The van der Waals surface area contributed by atoms with Crippen LogP contribution in [0.15, 0.2) is 59.2 Å². The molecule has 3 aromatic rings. The van der Waals surface area contributed by atoms with Crippen molar-refractivity contribution < 1.29 is 18.7 Å². The van der Waals surface area contributed by atoms with Gasteiger partial charge in [-0.2, -0.15) is 0 Å². The second-order valence-electron chi connectivity index (χ2n) is 6.30. The Morgan fingerprint density at radius 1 is 1.07 bits per heavy atom. The van der Waals surface area contributed by atoms with Gasteiger partial charge in [0.15, 0.2) is 0 Å². The van der Waals surface area contributed by atoms with Crippen molar-refractivity contribution in [2.75, 3.05) is 18.6 Å². The standard InChI is InChI=1S/C21H20N2O4/c1-25-18-8-4-15(5-9-18)21-22-16(14-27-21)13-26-19-10-6-17(7-11-19)23-12-2-3-20(23)24/h4-11,14H,2-3,12-13H2,1H3. The van der Waals surface area contributed by atoms with Crippen molar-refractivity contribution in [3.63, 3.8) is 0 Å². The van der Waals surface area contributed by atoms with Crippen LogP contribution in [0, 0.1) is 0 Å². The van der Waals surface area contributed by atoms with Gasteiger partial charge in [0.2, 0.25) is 11.8 Å². The molecule has 138 valence electrons. The third-order valence-corrected chi connectivity index (χ3v) is 4.50. The van der Waals surface area contributed by atoms with Gasteiger partial charge in [0.25, 0.3) is 0 Å². The van der Waals surface area contributed by atoms with Gasteiger partial charge in [-0.3, -0.25) is 4.79 Å². The Kier molecular flexibility index (Phi) is 4.78. The highest BCUT2D eigenvalue weighted by atomic mass is 16.5. The third-order valence-electron chi connectivity index (χ3n) is 4.50. The van der Waals surface area contributed by atoms with E-state index in [-0.39, 0.29) is 5.91 Å². The molecule has 4 rings (SSSR count). The molecule has 1 aliphatic heterocycles. The van der Waals surface area contributed by atoms with E-state index in [9.17, 15) is 4.79 Å². The average Bonchev–Trinajstić information content (AvgIpc) is 3.36. The minimum atomic E-state index is 0.178. The first-order valence-electron chi connectivity index (χ1n) is 8.85. The molecule has 6 heteroatoms. The van der Waals surface area contributed by atoms with Crippen LogP contribution in [0.25, 0.3) is 11.5 Å². The zero-order valence-corrected chi connectivity index (χ0v) is 15.1. The normalized spacial score (nSPS) is 13.8. The molecule has 1 saturated heterocycles. The highest BCUT2D eigenvalue weighted by Gasteiger charge is 2.21. The molecule has 0 unspecified atom stereocenters. The zero-order valence-electron chi connectivity index (χ0n) is 15.1. The Hall–Kier alpha value is -3.28. The number of hydrogen-bond acceptors (Lipinski definition) is 5. The minimum absolute atomic E-state index is 0.178. The summed E-state index contributed by atoms with van der Waals surface area (Å²) in [6.45, 7) is 1.09. The zero-order chi connectivity index (χ0) is 18.6. The number of methoxy groups -OCH3 is 1. The number of anilines is 1. The molecule has 27 heavy (non-hydrogen) atoms. The lowest BCUT2D eigenvalue weighted by atomic mass is 10.2. The Balaban J connectivity index is 1.37. The quantitative estimate of drug-likeness (QED) is 0.660. The summed E-state index contributed by atoms with van der Waals surface area (Å²) in [6, 6.07) is 15.1. The van der Waals surface area contributed by atoms with Gasteiger partial charge in [-0.05, 0) is 55.0 Å². The van der Waals surface area contributed by atoms with E-state index in [1.165, 1.54) is 0 Å². The molecule has 2 aromatic carbocycles. The van der Waals surface area contributed by atoms with Crippen molar-refractivity contribution in [1.82, 2.24) is 4.98 Å². The van der Waals surface area contributed by atoms with Gasteiger partial charge in [-0.15, -0.1) is 0 Å². The third kappa shape index (κ3) is 3.79. The van der Waals surface area contributed by atoms with Crippen LogP contribution in [-0.2, 0) is 11.4 Å². The summed E-state index contributed by atoms with van der Waals surface area (Å²) in [7, 11) is 1.63. The van der Waals surface area contributed by atoms with E-state index in [0.717, 1.165) is 35.7 Å². The summed E-state index contributed by atoms with van der Waals surface area (Å²) in [5, 5.41) is 0. The van der Waals surface area contributed by atoms with E-state index in [4.69, 9.17) is 13.9 Å². The number of rotatable bonds is 6. The molecule has 0 aliphatic carbocycles. The molecule has 1 aromatic heterocycles. The van der Waals surface area contributed by atoms with Crippen LogP contribution in [0.4, 0.5) is 5.69 Å². The van der Waals surface area contributed by atoms with Gasteiger partial charge < -0.3 is 18.8 Å². The summed E-state index contributed by atoms with van der Waals surface area (Å²) in [5.41, 5.74) is 2.49. The monoisotopic (exact) mass is 364 g/mol. The van der Waals surface area contributed by atoms with E-state index in [0.29, 0.717) is 24.6 Å². The molecule has 0 saturated carbocycles. The largest absolute Gasteiger partial charge is 0.497 e. The van der Waals surface area contributed by atoms with E-state index in [1.54, 1.807) is 13.4 Å². The van der Waals surface area contributed by atoms with Gasteiger partial charge in [-0.25, -0.2) is 4.98 Å². The van der Waals surface area contributed by atoms with Crippen LogP contribution in [0.3, 0.4) is 0 Å². The fraction of sp³-hybridized carbons (Fsp3) is 0.238. The lowest BCUT2D eigenvalue weighted by Crippen LogP contribution is -2.23. The molecule has 1 amide bonds. The van der Waals surface area contributed by atoms with E-state index >= 15 is 0 Å². The first-order chi connectivity index (χ1) is 13.2. The number of aromatic nitrogens is 1. The SMILES string of the molecule is COc1ccc(-c2nc(COc3ccc(N4CCCC4=O)cc3)co2)cc1. The van der Waals surface area contributed by atoms with Gasteiger partial charge in [0.05, 0.1) is 7.11 Å². The number of hydrogen-bond donors (Lipinski definition) is 0. The van der Waals surface area contributed by atoms with Crippen molar-refractivity contribution in [1.29, 1.82) is 0 Å². The smallest absolute Gasteiger partial charge is 0.227 e. The first kappa shape index (κ1) is 17.1. The van der Waals surface area contributed by atoms with Gasteiger partial charge in [0.1, 0.15) is 30.1 Å². The summed E-state index contributed by atoms with van der Waals surface area (Å²) in [6.07, 6.45) is 3.14. The molecule has 1 fully saturated rings. The molecule has 0 bridgehead atoms. The Bertz CT molecular complexity index is 916. The molecule has 6 nitrogen and oxygen atoms in total. The molecular formula is C21H20N2O4. The second kappa shape index (κ2) is 7.53. The van der Waals surface area contributed by atoms with Crippen LogP contribution >= 0.6 is 0 Å². The van der Waals surface area contributed by atoms with Crippen molar-refractivity contribution >= 4 is 11.6 Å². The van der Waals surface area contributed by atoms with Crippen molar-refractivity contribution in [3.8, 4) is 23.0 Å². The molecule has 0 N–H and O–H groups in total. The Morgan fingerprint density at radius 2 is 1.81 bits per heavy atom. The lowest BCUT2D eigenvalue weighted by molar-refractivity contribution is -0.117. The maximum Gasteiger partial charge on any atom is 0.227 e. The Labute approximate surface area is 157 Å². The van der Waals surface area contributed by atoms with E-state index in [1.807, 2.05) is 53.4 Å². The number of carbonyl (C=O) groups is 1. The minimum Gasteiger partial charge on any atom is -0.497 e. The first-order valence-corrected chi connectivity index (χ1v) is 8.85. The van der Waals surface area contributed by atoms with Crippen LogP contribution in [0.1, 0.15) is 18.5 Å². The number of carbonyl (C=O) groups excluding carboxylic acids is 1. The number of amides is 1. The molecule has 0 radical (unpaired) electrons. The molecule has 1 aliphatic rings. The maximum atomic E-state index is 11.8. The predicted octanol–water partition coefficient (Wildman–Crippen LogP) is 4.06. The van der Waals surface area contributed by atoms with Crippen LogP contribution in [-0.4, -0.2) is 24.5 Å². The molecule has 0 spiro atoms. The molecular weight excluding hydrogens is 344 g/mol. The number of benzene rings is 2. The fourth-order valence-corrected chi connectivity index (χ4v) is 3.04. The van der Waals surface area contributed by atoms with E-state index < -0.39 is 0 Å². The van der Waals surface area contributed by atoms with Crippen LogP contribution in [0.5, 0.6) is 11.5 Å². The average molecular weight is 364 g/mol. The highest BCUT2D eigenvalue weighted by molar-refractivity contribution is 5.95. The summed E-state index contributed by atoms with van der Waals surface area (Å²) >= 11 is 0. The van der Waals surface area contributed by atoms with Gasteiger partial charge in [-0.1, -0.05) is 0 Å². The summed E-state index contributed by atoms with van der Waals surface area (Å²) in [5.74, 6) is 2.23. The predicted molar refractivity (Wildman–Crippen MR) is 101 cm³/mol. The number of oxazole rings is 1. The van der Waals surface area contributed by atoms with Crippen LogP contribution in [0.2, 0.25) is 0 Å². The van der Waals surface area contributed by atoms with Crippen molar-refractivity contribution in [2.24, 2.45) is 0 Å². The fourth-order valence-electron chi connectivity index (χ4n) is 3.04. The molecule has 0 atom stereocenters. The number of ether oxygens (including phenoxy) is 2. The topological polar surface area (TPSA) is 64.8 Å². The Morgan fingerprint density at radius 3 is 2.48 bits per heavy atom. The van der Waals surface area contributed by atoms with Crippen molar-refractivity contribution in [2.45, 2.75) is 19.4 Å². The lowest BCUT2D eigenvalue weighted by Gasteiger charge is -2.15. The highest BCUT2D eigenvalue weighted by Crippen LogP contribution is 2.25. The van der Waals surface area contributed by atoms with E-state index in [2.05, 4.69) is 4.98 Å². The van der Waals surface area contributed by atoms with Gasteiger partial charge >= 0.3 is 0 Å². The second-order valence-corrected chi connectivity index (χ2v) is 6.30. The van der Waals surface area contributed by atoms with Gasteiger partial charge in [0, 0.05) is 24.2 Å². The van der Waals surface area contributed by atoms with Crippen molar-refractivity contribution in [3.05, 3.63) is 60.5 Å². The molecule has 2 heterocycles. The van der Waals surface area contributed by atoms with Crippen LogP contribution < -0.4 is 14.4 Å².